The molecule has 3 atom stereocenters. The number of nitrogens with zero attached hydrogens (tertiary/aromatic N) is 1. The number of esters is 2. The summed E-state index contributed by atoms with van der Waals surface area (Å²) in [5.74, 6) is -0.810. The molecule has 1 saturated heterocycles. The summed E-state index contributed by atoms with van der Waals surface area (Å²) in [6, 6.07) is 0.670. The van der Waals surface area contributed by atoms with Crippen LogP contribution < -0.4 is 14.8 Å². The van der Waals surface area contributed by atoms with Crippen LogP contribution in [0.3, 0.4) is 0 Å². The van der Waals surface area contributed by atoms with Gasteiger partial charge >= 0.3 is 11.9 Å². The summed E-state index contributed by atoms with van der Waals surface area (Å²) in [4.78, 5) is 42.1. The molecule has 0 aromatic carbocycles. The van der Waals surface area contributed by atoms with Crippen LogP contribution in [0.4, 0.5) is 0 Å². The van der Waals surface area contributed by atoms with E-state index in [1.165, 1.54) is 26.5 Å². The maximum absolute atomic E-state index is 13.1. The number of hydrogen-bond donors (Lipinski definition) is 1. The van der Waals surface area contributed by atoms with Gasteiger partial charge in [0.1, 0.15) is 12.1 Å². The number of carbonyl (C=O) groups excluding carboxylic acids is 3. The Morgan fingerprint density at radius 3 is 2.64 bits per heavy atom. The number of hydrogen-bond acceptors (Lipinski definition) is 8. The van der Waals surface area contributed by atoms with Gasteiger partial charge in [-0.15, -0.1) is 0 Å². The van der Waals surface area contributed by atoms with Crippen LogP contribution in [-0.4, -0.2) is 55.8 Å². The molecule has 1 aliphatic heterocycles. The van der Waals surface area contributed by atoms with E-state index < -0.39 is 23.9 Å². The van der Waals surface area contributed by atoms with E-state index >= 15 is 0 Å². The molecule has 0 unspecified atom stereocenters. The molecule has 0 bridgehead atoms. The highest BCUT2D eigenvalue weighted by molar-refractivity contribution is 5.98. The van der Waals surface area contributed by atoms with Gasteiger partial charge in [-0.1, -0.05) is 26.7 Å². The molecule has 0 aliphatic carbocycles. The normalized spacial score (nSPS) is 21.4. The molecule has 9 nitrogen and oxygen atoms in total. The van der Waals surface area contributed by atoms with E-state index in [4.69, 9.17) is 18.9 Å². The predicted molar refractivity (Wildman–Crippen MR) is 121 cm³/mol. The minimum Gasteiger partial charge on any atom is -0.493 e. The van der Waals surface area contributed by atoms with Crippen molar-refractivity contribution in [2.24, 2.45) is 11.8 Å². The number of carbonyl (C=O) groups is 3. The van der Waals surface area contributed by atoms with Crippen molar-refractivity contribution >= 4 is 17.8 Å². The van der Waals surface area contributed by atoms with Gasteiger partial charge in [0.25, 0.3) is 5.91 Å². The summed E-state index contributed by atoms with van der Waals surface area (Å²) in [5.41, 5.74) is -0.140. The second-order valence-electron chi connectivity index (χ2n) is 8.75. The van der Waals surface area contributed by atoms with Crippen LogP contribution in [0.1, 0.15) is 69.8 Å². The Hall–Kier alpha value is -2.68. The minimum atomic E-state index is -0.817. The Labute approximate surface area is 195 Å². The molecule has 1 aromatic heterocycles. The smallest absolute Gasteiger partial charge is 0.328 e. The first-order chi connectivity index (χ1) is 15.8. The average molecular weight is 465 g/mol. The standard InChI is InChI=1S/C24H36N2O7/c1-15(2)14-17-8-6-7-9-18(24(29)32-16(17)3)26-23(28)21-22(19(31-5)10-12-25-21)33-20(27)11-13-30-4/h10,12,15-18H,6-9,11,13-14H2,1-5H3,(H,26,28)/t16-,17-,18-/m0/s1. The second-order valence-corrected chi connectivity index (χ2v) is 8.75. The number of methoxy groups -OCH3 is 2. The molecular formula is C24H36N2O7. The largest absolute Gasteiger partial charge is 0.493 e. The molecule has 1 N–H and O–H groups in total. The topological polar surface area (TPSA) is 113 Å². The fraction of sp³-hybridized carbons (Fsp3) is 0.667. The summed E-state index contributed by atoms with van der Waals surface area (Å²) in [5, 5.41) is 2.72. The molecule has 2 rings (SSSR count). The predicted octanol–water partition coefficient (Wildman–Crippen LogP) is 3.30. The van der Waals surface area contributed by atoms with Crippen LogP contribution in [0.25, 0.3) is 0 Å². The molecule has 0 spiro atoms. The number of rotatable bonds is 9. The summed E-state index contributed by atoms with van der Waals surface area (Å²) in [6.45, 7) is 6.40. The first-order valence-corrected chi connectivity index (χ1v) is 11.5. The lowest BCUT2D eigenvalue weighted by molar-refractivity contribution is -0.153. The van der Waals surface area contributed by atoms with Gasteiger partial charge in [0.15, 0.2) is 11.4 Å². The van der Waals surface area contributed by atoms with Crippen LogP contribution >= 0.6 is 0 Å². The molecule has 1 fully saturated rings. The number of aromatic nitrogens is 1. The van der Waals surface area contributed by atoms with E-state index in [0.29, 0.717) is 18.3 Å². The third kappa shape index (κ3) is 7.99. The van der Waals surface area contributed by atoms with Gasteiger partial charge in [-0.25, -0.2) is 9.78 Å². The highest BCUT2D eigenvalue weighted by Gasteiger charge is 2.31. The van der Waals surface area contributed by atoms with Crippen LogP contribution in [0.2, 0.25) is 0 Å². The van der Waals surface area contributed by atoms with Crippen molar-refractivity contribution in [3.05, 3.63) is 18.0 Å². The first-order valence-electron chi connectivity index (χ1n) is 11.5. The molecule has 33 heavy (non-hydrogen) atoms. The second kappa shape index (κ2) is 13.1. The van der Waals surface area contributed by atoms with Gasteiger partial charge in [0.2, 0.25) is 5.75 Å². The number of pyridine rings is 1. The molecule has 9 heteroatoms. The van der Waals surface area contributed by atoms with Crippen molar-refractivity contribution in [1.82, 2.24) is 10.3 Å². The molecular weight excluding hydrogens is 428 g/mol. The van der Waals surface area contributed by atoms with Crippen LogP contribution in [0, 0.1) is 11.8 Å². The lowest BCUT2D eigenvalue weighted by Gasteiger charge is -2.25. The Bertz CT molecular complexity index is 812. The maximum Gasteiger partial charge on any atom is 0.328 e. The Kier molecular flexibility index (Phi) is 10.6. The van der Waals surface area contributed by atoms with Gasteiger partial charge in [0.05, 0.1) is 20.1 Å². The summed E-state index contributed by atoms with van der Waals surface area (Å²) in [6.07, 6.45) is 5.29. The third-order valence-electron chi connectivity index (χ3n) is 5.68. The van der Waals surface area contributed by atoms with E-state index in [0.717, 1.165) is 25.7 Å². The zero-order valence-electron chi connectivity index (χ0n) is 20.2. The van der Waals surface area contributed by atoms with E-state index in [1.54, 1.807) is 0 Å². The molecule has 1 aromatic rings. The van der Waals surface area contributed by atoms with Gasteiger partial charge < -0.3 is 24.3 Å². The summed E-state index contributed by atoms with van der Waals surface area (Å²) in [7, 11) is 2.87. The number of amides is 1. The fourth-order valence-electron chi connectivity index (χ4n) is 3.94. The Balaban J connectivity index is 2.17. The quantitative estimate of drug-likeness (QED) is 0.554. The van der Waals surface area contributed by atoms with Gasteiger partial charge in [-0.2, -0.15) is 0 Å². The van der Waals surface area contributed by atoms with Crippen molar-refractivity contribution < 1.29 is 33.3 Å². The van der Waals surface area contributed by atoms with Gasteiger partial charge in [-0.05, 0) is 38.0 Å². The van der Waals surface area contributed by atoms with Crippen LogP contribution in [0.5, 0.6) is 11.5 Å². The Morgan fingerprint density at radius 2 is 1.97 bits per heavy atom. The van der Waals surface area contributed by atoms with Gasteiger partial charge in [0, 0.05) is 19.4 Å². The van der Waals surface area contributed by atoms with Crippen molar-refractivity contribution in [2.45, 2.75) is 71.4 Å². The average Bonchev–Trinajstić information content (AvgIpc) is 2.83. The molecule has 2 heterocycles. The number of cyclic esters (lactones) is 1. The Morgan fingerprint density at radius 1 is 1.24 bits per heavy atom. The molecule has 0 saturated carbocycles. The van der Waals surface area contributed by atoms with E-state index in [9.17, 15) is 14.4 Å². The highest BCUT2D eigenvalue weighted by atomic mass is 16.6. The van der Waals surface area contributed by atoms with Crippen molar-refractivity contribution in [1.29, 1.82) is 0 Å². The maximum atomic E-state index is 13.1. The third-order valence-corrected chi connectivity index (χ3v) is 5.68. The lowest BCUT2D eigenvalue weighted by atomic mass is 9.88. The van der Waals surface area contributed by atoms with Crippen molar-refractivity contribution in [2.75, 3.05) is 20.8 Å². The highest BCUT2D eigenvalue weighted by Crippen LogP contribution is 2.30. The van der Waals surface area contributed by atoms with Crippen LogP contribution in [0.15, 0.2) is 12.3 Å². The SMILES string of the molecule is COCCC(=O)Oc1c(OC)ccnc1C(=O)N[C@H]1CCCC[C@@H](CC(C)C)[C@H](C)OC1=O. The van der Waals surface area contributed by atoms with E-state index in [-0.39, 0.29) is 36.3 Å². The summed E-state index contributed by atoms with van der Waals surface area (Å²) < 4.78 is 21.2. The monoisotopic (exact) mass is 464 g/mol. The summed E-state index contributed by atoms with van der Waals surface area (Å²) >= 11 is 0. The molecule has 184 valence electrons. The fourth-order valence-corrected chi connectivity index (χ4v) is 3.94. The lowest BCUT2D eigenvalue weighted by Crippen LogP contribution is -2.43. The van der Waals surface area contributed by atoms with Crippen molar-refractivity contribution in [3.63, 3.8) is 0 Å². The number of nitrogens with one attached hydrogen (secondary N) is 1. The van der Waals surface area contributed by atoms with Crippen molar-refractivity contribution in [3.8, 4) is 11.5 Å². The molecule has 0 radical (unpaired) electrons. The van der Waals surface area contributed by atoms with E-state index in [2.05, 4.69) is 24.1 Å². The number of ether oxygens (including phenoxy) is 4. The van der Waals surface area contributed by atoms with Crippen LogP contribution in [-0.2, 0) is 19.1 Å². The molecule has 1 aliphatic rings. The van der Waals surface area contributed by atoms with E-state index in [1.807, 2.05) is 6.92 Å². The molecule has 1 amide bonds. The first kappa shape index (κ1) is 26.6. The van der Waals surface area contributed by atoms with Gasteiger partial charge in [-0.3, -0.25) is 9.59 Å². The minimum absolute atomic E-state index is 0.00000914. The zero-order valence-corrected chi connectivity index (χ0v) is 20.2. The zero-order chi connectivity index (χ0) is 24.4.